The Morgan fingerprint density at radius 1 is 1.56 bits per heavy atom. The molecule has 4 nitrogen and oxygen atoms in total. The van der Waals surface area contributed by atoms with Crippen molar-refractivity contribution in [2.75, 3.05) is 0 Å². The fourth-order valence-corrected chi connectivity index (χ4v) is 1.62. The second-order valence-electron chi connectivity index (χ2n) is 4.22. The Morgan fingerprint density at radius 3 is 2.81 bits per heavy atom. The Kier molecular flexibility index (Phi) is 4.68. The highest BCUT2D eigenvalue weighted by Crippen LogP contribution is 2.11. The molecule has 0 amide bonds. The third-order valence-electron chi connectivity index (χ3n) is 2.96. The monoisotopic (exact) mass is 223 g/mol. The molecule has 4 heteroatoms. The number of rotatable bonds is 6. The van der Waals surface area contributed by atoms with Crippen molar-refractivity contribution >= 4 is 5.78 Å². The number of carbonyl (C=O) groups excluding carboxylic acids is 1. The molecule has 2 N–H and O–H groups in total. The molecule has 1 aromatic rings. The molecule has 0 saturated carbocycles. The molecule has 0 aliphatic rings. The fraction of sp³-hybridized carbons (Fsp3) is 0.667. The van der Waals surface area contributed by atoms with E-state index in [0.29, 0.717) is 5.82 Å². The van der Waals surface area contributed by atoms with E-state index in [1.807, 2.05) is 24.6 Å². The van der Waals surface area contributed by atoms with Gasteiger partial charge in [-0.2, -0.15) is 0 Å². The first-order chi connectivity index (χ1) is 7.61. The number of hydrogen-bond donors (Lipinski definition) is 1. The van der Waals surface area contributed by atoms with E-state index in [9.17, 15) is 4.79 Å². The fourth-order valence-electron chi connectivity index (χ4n) is 1.62. The lowest BCUT2D eigenvalue weighted by molar-refractivity contribution is 0.0920. The van der Waals surface area contributed by atoms with Crippen LogP contribution in [0.3, 0.4) is 0 Å². The summed E-state index contributed by atoms with van der Waals surface area (Å²) in [7, 11) is 0. The standard InChI is InChI=1S/C12H21N3O/c1-4-7-15-8-6-14-12(15)11(16)10(13)9(3)5-2/h6,8-10H,4-5,7,13H2,1-3H3. The Balaban J connectivity index is 2.83. The van der Waals surface area contributed by atoms with Gasteiger partial charge in [0.15, 0.2) is 5.82 Å². The van der Waals surface area contributed by atoms with Gasteiger partial charge in [0.25, 0.3) is 0 Å². The highest BCUT2D eigenvalue weighted by atomic mass is 16.1. The predicted octanol–water partition coefficient (Wildman–Crippen LogP) is 1.85. The zero-order valence-electron chi connectivity index (χ0n) is 10.3. The van der Waals surface area contributed by atoms with Crippen molar-refractivity contribution in [2.24, 2.45) is 11.7 Å². The summed E-state index contributed by atoms with van der Waals surface area (Å²) < 4.78 is 1.88. The largest absolute Gasteiger partial charge is 0.328 e. The van der Waals surface area contributed by atoms with Crippen LogP contribution < -0.4 is 5.73 Å². The summed E-state index contributed by atoms with van der Waals surface area (Å²) in [5.74, 6) is 0.640. The SMILES string of the molecule is CCCn1ccnc1C(=O)C(N)C(C)CC. The van der Waals surface area contributed by atoms with Crippen molar-refractivity contribution in [3.8, 4) is 0 Å². The molecular weight excluding hydrogens is 202 g/mol. The Hall–Kier alpha value is -1.16. The van der Waals surface area contributed by atoms with Crippen LogP contribution in [0.15, 0.2) is 12.4 Å². The molecule has 0 aliphatic carbocycles. The van der Waals surface area contributed by atoms with Crippen LogP contribution in [0.1, 0.15) is 44.2 Å². The van der Waals surface area contributed by atoms with Gasteiger partial charge >= 0.3 is 0 Å². The molecule has 0 radical (unpaired) electrons. The van der Waals surface area contributed by atoms with Gasteiger partial charge in [0, 0.05) is 18.9 Å². The second kappa shape index (κ2) is 5.80. The van der Waals surface area contributed by atoms with Gasteiger partial charge in [-0.3, -0.25) is 4.79 Å². The molecule has 2 unspecified atom stereocenters. The van der Waals surface area contributed by atoms with E-state index >= 15 is 0 Å². The molecule has 0 aliphatic heterocycles. The van der Waals surface area contributed by atoms with Gasteiger partial charge in [-0.1, -0.05) is 27.2 Å². The van der Waals surface area contributed by atoms with E-state index < -0.39 is 6.04 Å². The number of imidazole rings is 1. The molecule has 0 spiro atoms. The minimum atomic E-state index is -0.442. The second-order valence-corrected chi connectivity index (χ2v) is 4.22. The van der Waals surface area contributed by atoms with E-state index in [1.165, 1.54) is 0 Å². The smallest absolute Gasteiger partial charge is 0.215 e. The molecule has 0 fully saturated rings. The maximum atomic E-state index is 12.1. The summed E-state index contributed by atoms with van der Waals surface area (Å²) in [6.07, 6.45) is 5.38. The van der Waals surface area contributed by atoms with E-state index in [1.54, 1.807) is 6.20 Å². The number of carbonyl (C=O) groups is 1. The third-order valence-corrected chi connectivity index (χ3v) is 2.96. The van der Waals surface area contributed by atoms with Crippen molar-refractivity contribution in [1.82, 2.24) is 9.55 Å². The van der Waals surface area contributed by atoms with Crippen LogP contribution in [0.5, 0.6) is 0 Å². The highest BCUT2D eigenvalue weighted by molar-refractivity contribution is 5.97. The van der Waals surface area contributed by atoms with Crippen LogP contribution in [0.25, 0.3) is 0 Å². The molecule has 0 bridgehead atoms. The van der Waals surface area contributed by atoms with E-state index in [-0.39, 0.29) is 11.7 Å². The summed E-state index contributed by atoms with van der Waals surface area (Å²) in [6.45, 7) is 6.92. The van der Waals surface area contributed by atoms with Crippen molar-refractivity contribution in [3.05, 3.63) is 18.2 Å². The Morgan fingerprint density at radius 2 is 2.25 bits per heavy atom. The number of nitrogens with two attached hydrogens (primary N) is 1. The number of Topliss-reactive ketones (excluding diaryl/α,β-unsaturated/α-hetero) is 1. The first-order valence-corrected chi connectivity index (χ1v) is 5.92. The summed E-state index contributed by atoms with van der Waals surface area (Å²) in [6, 6.07) is -0.442. The quantitative estimate of drug-likeness (QED) is 0.749. The lowest BCUT2D eigenvalue weighted by atomic mass is 9.96. The van der Waals surface area contributed by atoms with Crippen LogP contribution in [0, 0.1) is 5.92 Å². The first-order valence-electron chi connectivity index (χ1n) is 5.92. The summed E-state index contributed by atoms with van der Waals surface area (Å²) in [5, 5.41) is 0. The molecule has 0 saturated heterocycles. The van der Waals surface area contributed by atoms with Gasteiger partial charge in [-0.25, -0.2) is 4.98 Å². The van der Waals surface area contributed by atoms with Gasteiger partial charge in [0.05, 0.1) is 6.04 Å². The Labute approximate surface area is 96.9 Å². The average molecular weight is 223 g/mol. The van der Waals surface area contributed by atoms with E-state index in [4.69, 9.17) is 5.73 Å². The van der Waals surface area contributed by atoms with Crippen molar-refractivity contribution in [1.29, 1.82) is 0 Å². The zero-order chi connectivity index (χ0) is 12.1. The minimum absolute atomic E-state index is 0.0483. The number of hydrogen-bond acceptors (Lipinski definition) is 3. The molecule has 2 atom stereocenters. The van der Waals surface area contributed by atoms with E-state index in [0.717, 1.165) is 19.4 Å². The number of aromatic nitrogens is 2. The van der Waals surface area contributed by atoms with Gasteiger partial charge in [0.2, 0.25) is 5.78 Å². The van der Waals surface area contributed by atoms with Gasteiger partial charge in [-0.15, -0.1) is 0 Å². The summed E-state index contributed by atoms with van der Waals surface area (Å²) >= 11 is 0. The number of nitrogens with zero attached hydrogens (tertiary/aromatic N) is 2. The van der Waals surface area contributed by atoms with Crippen LogP contribution in [-0.4, -0.2) is 21.4 Å². The van der Waals surface area contributed by atoms with Crippen LogP contribution in [0.2, 0.25) is 0 Å². The lowest BCUT2D eigenvalue weighted by Crippen LogP contribution is -2.38. The third kappa shape index (κ3) is 2.70. The van der Waals surface area contributed by atoms with Crippen molar-refractivity contribution in [2.45, 2.75) is 46.2 Å². The highest BCUT2D eigenvalue weighted by Gasteiger charge is 2.24. The maximum Gasteiger partial charge on any atom is 0.215 e. The molecule has 16 heavy (non-hydrogen) atoms. The van der Waals surface area contributed by atoms with Gasteiger partial charge < -0.3 is 10.3 Å². The number of ketones is 1. The summed E-state index contributed by atoms with van der Waals surface area (Å²) in [5.41, 5.74) is 5.92. The normalized spacial score (nSPS) is 14.8. The molecular formula is C12H21N3O. The maximum absolute atomic E-state index is 12.1. The van der Waals surface area contributed by atoms with Crippen molar-refractivity contribution in [3.63, 3.8) is 0 Å². The molecule has 1 heterocycles. The predicted molar refractivity (Wildman–Crippen MR) is 64.3 cm³/mol. The minimum Gasteiger partial charge on any atom is -0.328 e. The first kappa shape index (κ1) is 12.9. The molecule has 90 valence electrons. The number of aryl methyl sites for hydroxylation is 1. The van der Waals surface area contributed by atoms with Crippen LogP contribution >= 0.6 is 0 Å². The molecule has 1 rings (SSSR count). The van der Waals surface area contributed by atoms with Gasteiger partial charge in [0.1, 0.15) is 0 Å². The summed E-state index contributed by atoms with van der Waals surface area (Å²) in [4.78, 5) is 16.2. The zero-order valence-corrected chi connectivity index (χ0v) is 10.3. The molecule has 1 aromatic heterocycles. The van der Waals surface area contributed by atoms with Crippen LogP contribution in [0.4, 0.5) is 0 Å². The van der Waals surface area contributed by atoms with Gasteiger partial charge in [-0.05, 0) is 12.3 Å². The molecule has 0 aromatic carbocycles. The Bertz CT molecular complexity index is 346. The van der Waals surface area contributed by atoms with Crippen molar-refractivity contribution < 1.29 is 4.79 Å². The van der Waals surface area contributed by atoms with Crippen LogP contribution in [-0.2, 0) is 6.54 Å². The average Bonchev–Trinajstić information content (AvgIpc) is 2.74. The lowest BCUT2D eigenvalue weighted by Gasteiger charge is -2.17. The topological polar surface area (TPSA) is 60.9 Å². The van der Waals surface area contributed by atoms with E-state index in [2.05, 4.69) is 11.9 Å².